The number of fused-ring (bicyclic) bond motifs is 1. The number of nitrogens with zero attached hydrogens (tertiary/aromatic N) is 3. The molecule has 2 heterocycles. The highest BCUT2D eigenvalue weighted by Gasteiger charge is 2.16. The van der Waals surface area contributed by atoms with Gasteiger partial charge in [0.05, 0.1) is 12.6 Å². The molecule has 3 rings (SSSR count). The van der Waals surface area contributed by atoms with Crippen LogP contribution in [0.5, 0.6) is 5.75 Å². The highest BCUT2D eigenvalue weighted by atomic mass is 35.5. The van der Waals surface area contributed by atoms with Crippen LogP contribution >= 0.6 is 11.6 Å². The maximum absolute atomic E-state index is 14.3. The fourth-order valence-electron chi connectivity index (χ4n) is 2.64. The molecule has 0 radical (unpaired) electrons. The number of hydrogen-bond donors (Lipinski definition) is 1. The number of halogens is 2. The summed E-state index contributed by atoms with van der Waals surface area (Å²) in [7, 11) is 1.52. The van der Waals surface area contributed by atoms with Gasteiger partial charge in [0.1, 0.15) is 28.5 Å². The van der Waals surface area contributed by atoms with E-state index in [1.54, 1.807) is 35.0 Å². The van der Waals surface area contributed by atoms with Gasteiger partial charge in [-0.05, 0) is 30.3 Å². The fraction of sp³-hybridized carbons (Fsp3) is 0.176. The van der Waals surface area contributed by atoms with E-state index in [0.29, 0.717) is 40.6 Å². The van der Waals surface area contributed by atoms with Crippen LogP contribution in [0.2, 0.25) is 5.15 Å². The van der Waals surface area contributed by atoms with Crippen molar-refractivity contribution < 1.29 is 9.13 Å². The molecule has 0 amide bonds. The summed E-state index contributed by atoms with van der Waals surface area (Å²) in [5.74, 6) is 0.148. The Morgan fingerprint density at radius 1 is 1.38 bits per heavy atom. The smallest absolute Gasteiger partial charge is 0.147 e. The first-order chi connectivity index (χ1) is 11.6. The zero-order chi connectivity index (χ0) is 17.1. The van der Waals surface area contributed by atoms with Crippen LogP contribution in [0.25, 0.3) is 10.9 Å². The third-order valence-corrected chi connectivity index (χ3v) is 3.90. The van der Waals surface area contributed by atoms with Crippen molar-refractivity contribution in [2.24, 2.45) is 0 Å². The van der Waals surface area contributed by atoms with Gasteiger partial charge in [-0.1, -0.05) is 11.6 Å². The van der Waals surface area contributed by atoms with Gasteiger partial charge in [0, 0.05) is 30.4 Å². The van der Waals surface area contributed by atoms with Gasteiger partial charge >= 0.3 is 0 Å². The zero-order valence-corrected chi connectivity index (χ0v) is 13.6. The summed E-state index contributed by atoms with van der Waals surface area (Å²) in [6.45, 7) is 0.909. The summed E-state index contributed by atoms with van der Waals surface area (Å²) in [6, 6.07) is 10.1. The third-order valence-electron chi connectivity index (χ3n) is 3.70. The molecule has 0 aliphatic carbocycles. The molecule has 24 heavy (non-hydrogen) atoms. The molecule has 0 aliphatic heterocycles. The van der Waals surface area contributed by atoms with Crippen molar-refractivity contribution in [3.05, 3.63) is 53.2 Å². The molecule has 5 nitrogen and oxygen atoms in total. The first-order valence-electron chi connectivity index (χ1n) is 7.25. The fourth-order valence-corrected chi connectivity index (χ4v) is 2.81. The lowest BCUT2D eigenvalue weighted by Crippen LogP contribution is -2.12. The zero-order valence-electron chi connectivity index (χ0n) is 12.9. The van der Waals surface area contributed by atoms with Gasteiger partial charge in [-0.25, -0.2) is 9.37 Å². The molecule has 0 atom stereocenters. The van der Waals surface area contributed by atoms with E-state index >= 15 is 0 Å². The number of methoxy groups -OCH3 is 1. The molecule has 122 valence electrons. The second-order valence-electron chi connectivity index (χ2n) is 5.10. The van der Waals surface area contributed by atoms with E-state index in [-0.39, 0.29) is 5.82 Å². The average Bonchev–Trinajstić information content (AvgIpc) is 2.95. The summed E-state index contributed by atoms with van der Waals surface area (Å²) >= 11 is 5.84. The molecule has 1 N–H and O–H groups in total. The predicted octanol–water partition coefficient (Wildman–Crippen LogP) is 3.82. The molecular formula is C17H14ClFN4O. The van der Waals surface area contributed by atoms with Crippen molar-refractivity contribution in [3.63, 3.8) is 0 Å². The largest absolute Gasteiger partial charge is 0.496 e. The van der Waals surface area contributed by atoms with Crippen molar-refractivity contribution in [2.45, 2.75) is 6.54 Å². The van der Waals surface area contributed by atoms with Crippen LogP contribution in [0.15, 0.2) is 36.5 Å². The molecule has 0 saturated carbocycles. The quantitative estimate of drug-likeness (QED) is 0.715. The standard InChI is InChI=1S/C17H14ClFN4O/c1-24-15-3-2-14(19)17-13(15)9-12(10-20)23(17)7-6-21-11-4-5-22-16(18)8-11/h2-5,8-9H,6-7H2,1H3,(H,21,22). The van der Waals surface area contributed by atoms with Crippen LogP contribution in [0, 0.1) is 17.1 Å². The molecule has 0 spiro atoms. The van der Waals surface area contributed by atoms with E-state index in [2.05, 4.69) is 16.4 Å². The van der Waals surface area contributed by atoms with Crippen molar-refractivity contribution >= 4 is 28.2 Å². The van der Waals surface area contributed by atoms with Gasteiger partial charge in [0.2, 0.25) is 0 Å². The highest BCUT2D eigenvalue weighted by Crippen LogP contribution is 2.30. The average molecular weight is 345 g/mol. The monoisotopic (exact) mass is 344 g/mol. The van der Waals surface area contributed by atoms with Crippen LogP contribution in [0.1, 0.15) is 5.69 Å². The van der Waals surface area contributed by atoms with E-state index in [0.717, 1.165) is 5.69 Å². The van der Waals surface area contributed by atoms with Gasteiger partial charge in [-0.15, -0.1) is 0 Å². The van der Waals surface area contributed by atoms with E-state index in [9.17, 15) is 9.65 Å². The van der Waals surface area contributed by atoms with Crippen molar-refractivity contribution in [1.29, 1.82) is 5.26 Å². The summed E-state index contributed by atoms with van der Waals surface area (Å²) in [5, 5.41) is 13.5. The number of pyridine rings is 1. The summed E-state index contributed by atoms with van der Waals surface area (Å²) < 4.78 is 21.2. The Morgan fingerprint density at radius 3 is 2.92 bits per heavy atom. The van der Waals surface area contributed by atoms with Crippen LogP contribution in [-0.4, -0.2) is 23.2 Å². The lowest BCUT2D eigenvalue weighted by atomic mass is 10.2. The first kappa shape index (κ1) is 16.1. The molecule has 0 aliphatic rings. The molecule has 3 aromatic rings. The van der Waals surface area contributed by atoms with Gasteiger partial charge in [0.15, 0.2) is 0 Å². The van der Waals surface area contributed by atoms with Crippen LogP contribution < -0.4 is 10.1 Å². The maximum atomic E-state index is 14.3. The number of aromatic nitrogens is 2. The molecule has 7 heteroatoms. The molecule has 2 aromatic heterocycles. The van der Waals surface area contributed by atoms with Gasteiger partial charge in [-0.3, -0.25) is 0 Å². The Morgan fingerprint density at radius 2 is 2.21 bits per heavy atom. The number of nitrogens with one attached hydrogen (secondary N) is 1. The maximum Gasteiger partial charge on any atom is 0.147 e. The molecule has 0 unspecified atom stereocenters. The summed E-state index contributed by atoms with van der Waals surface area (Å²) in [4.78, 5) is 3.91. The Labute approximate surface area is 143 Å². The number of nitriles is 1. The Hall–Kier alpha value is -2.78. The van der Waals surface area contributed by atoms with Crippen molar-refractivity contribution in [1.82, 2.24) is 9.55 Å². The second kappa shape index (κ2) is 6.77. The van der Waals surface area contributed by atoms with Gasteiger partial charge in [0.25, 0.3) is 0 Å². The summed E-state index contributed by atoms with van der Waals surface area (Å²) in [6.07, 6.45) is 1.60. The molecule has 1 aromatic carbocycles. The predicted molar refractivity (Wildman–Crippen MR) is 90.9 cm³/mol. The topological polar surface area (TPSA) is 62.9 Å². The SMILES string of the molecule is COc1ccc(F)c2c1cc(C#N)n2CCNc1ccnc(Cl)c1. The van der Waals surface area contributed by atoms with Crippen LogP contribution in [0.3, 0.4) is 0 Å². The number of anilines is 1. The highest BCUT2D eigenvalue weighted by molar-refractivity contribution is 6.29. The third kappa shape index (κ3) is 2.99. The Kier molecular flexibility index (Phi) is 4.54. The number of rotatable bonds is 5. The minimum Gasteiger partial charge on any atom is -0.496 e. The Balaban J connectivity index is 1.90. The molecule has 0 fully saturated rings. The molecule has 0 saturated heterocycles. The minimum atomic E-state index is -0.390. The number of ether oxygens (including phenoxy) is 1. The van der Waals surface area contributed by atoms with E-state index in [1.165, 1.54) is 13.2 Å². The van der Waals surface area contributed by atoms with E-state index in [1.807, 2.05) is 0 Å². The van der Waals surface area contributed by atoms with Crippen molar-refractivity contribution in [3.8, 4) is 11.8 Å². The van der Waals surface area contributed by atoms with Gasteiger partial charge in [-0.2, -0.15) is 5.26 Å². The lowest BCUT2D eigenvalue weighted by Gasteiger charge is -2.11. The number of hydrogen-bond acceptors (Lipinski definition) is 4. The minimum absolute atomic E-state index is 0.362. The molecular weight excluding hydrogens is 331 g/mol. The summed E-state index contributed by atoms with van der Waals surface area (Å²) in [5.41, 5.74) is 1.55. The lowest BCUT2D eigenvalue weighted by molar-refractivity contribution is 0.419. The first-order valence-corrected chi connectivity index (χ1v) is 7.63. The van der Waals surface area contributed by atoms with E-state index in [4.69, 9.17) is 16.3 Å². The van der Waals surface area contributed by atoms with Crippen LogP contribution in [-0.2, 0) is 6.54 Å². The normalized spacial score (nSPS) is 10.6. The second-order valence-corrected chi connectivity index (χ2v) is 5.49. The molecule has 0 bridgehead atoms. The Bertz CT molecular complexity index is 932. The van der Waals surface area contributed by atoms with E-state index < -0.39 is 0 Å². The number of benzene rings is 1. The van der Waals surface area contributed by atoms with Gasteiger partial charge < -0.3 is 14.6 Å². The van der Waals surface area contributed by atoms with Crippen LogP contribution in [0.4, 0.5) is 10.1 Å². The van der Waals surface area contributed by atoms with Crippen molar-refractivity contribution in [2.75, 3.05) is 19.0 Å².